The molecule has 0 aliphatic carbocycles. The van der Waals surface area contributed by atoms with Crippen LogP contribution in [0.15, 0.2) is 18.2 Å². The molecule has 2 nitrogen and oxygen atoms in total. The molecule has 0 saturated carbocycles. The fourth-order valence-electron chi connectivity index (χ4n) is 1.03. The summed E-state index contributed by atoms with van der Waals surface area (Å²) in [7, 11) is 1.45. The second-order valence-corrected chi connectivity index (χ2v) is 2.51. The molecule has 80 valence electrons. The number of nitrogens with two attached hydrogens (primary N) is 1. The lowest BCUT2D eigenvalue weighted by molar-refractivity contribution is 0.386. The lowest BCUT2D eigenvalue weighted by Crippen LogP contribution is -2.03. The smallest absolute Gasteiger partial charge is 0.165 e. The van der Waals surface area contributed by atoms with Crippen molar-refractivity contribution >= 4 is 0 Å². The van der Waals surface area contributed by atoms with Crippen LogP contribution in [0.2, 0.25) is 0 Å². The Morgan fingerprint density at radius 3 is 2.43 bits per heavy atom. The van der Waals surface area contributed by atoms with Gasteiger partial charge in [0.25, 0.3) is 0 Å². The first-order chi connectivity index (χ1) is 6.77. The van der Waals surface area contributed by atoms with Crippen LogP contribution < -0.4 is 10.5 Å². The molecule has 3 heteroatoms. The third-order valence-electron chi connectivity index (χ3n) is 1.65. The van der Waals surface area contributed by atoms with Crippen LogP contribution >= 0.6 is 0 Å². The van der Waals surface area contributed by atoms with E-state index in [1.165, 1.54) is 13.2 Å². The van der Waals surface area contributed by atoms with Crippen molar-refractivity contribution in [3.8, 4) is 5.75 Å². The summed E-state index contributed by atoms with van der Waals surface area (Å²) in [6.45, 7) is 4.53. The highest BCUT2D eigenvalue weighted by Gasteiger charge is 2.01. The van der Waals surface area contributed by atoms with Crippen molar-refractivity contribution in [2.45, 2.75) is 20.3 Å². The highest BCUT2D eigenvalue weighted by Crippen LogP contribution is 2.17. The summed E-state index contributed by atoms with van der Waals surface area (Å²) in [6, 6.07) is 4.88. The van der Waals surface area contributed by atoms with Gasteiger partial charge in [0.2, 0.25) is 0 Å². The summed E-state index contributed by atoms with van der Waals surface area (Å²) in [6.07, 6.45) is 0.695. The Kier molecular flexibility index (Phi) is 6.76. The van der Waals surface area contributed by atoms with Gasteiger partial charge in [-0.3, -0.25) is 0 Å². The Labute approximate surface area is 84.9 Å². The van der Waals surface area contributed by atoms with Crippen molar-refractivity contribution in [2.75, 3.05) is 13.7 Å². The molecule has 0 amide bonds. The molecule has 2 N–H and O–H groups in total. The van der Waals surface area contributed by atoms with Crippen LogP contribution in [0.3, 0.4) is 0 Å². The minimum atomic E-state index is -0.330. The fraction of sp³-hybridized carbons (Fsp3) is 0.455. The predicted octanol–water partition coefficient (Wildman–Crippen LogP) is 2.36. The summed E-state index contributed by atoms with van der Waals surface area (Å²) in [5.74, 6) is -0.0563. The van der Waals surface area contributed by atoms with Crippen LogP contribution in [-0.4, -0.2) is 13.7 Å². The van der Waals surface area contributed by atoms with Crippen LogP contribution in [-0.2, 0) is 6.42 Å². The Morgan fingerprint density at radius 2 is 2.00 bits per heavy atom. The highest BCUT2D eigenvalue weighted by molar-refractivity contribution is 5.29. The van der Waals surface area contributed by atoms with E-state index in [-0.39, 0.29) is 11.6 Å². The van der Waals surface area contributed by atoms with Crippen LogP contribution in [0.5, 0.6) is 5.75 Å². The number of halogens is 1. The average Bonchev–Trinajstić information content (AvgIpc) is 2.22. The first kappa shape index (κ1) is 12.9. The largest absolute Gasteiger partial charge is 0.494 e. The van der Waals surface area contributed by atoms with Gasteiger partial charge in [0.1, 0.15) is 0 Å². The van der Waals surface area contributed by atoms with Crippen LogP contribution in [0.4, 0.5) is 4.39 Å². The monoisotopic (exact) mass is 199 g/mol. The van der Waals surface area contributed by atoms with Crippen molar-refractivity contribution in [3.05, 3.63) is 29.6 Å². The summed E-state index contributed by atoms with van der Waals surface area (Å²) >= 11 is 0. The van der Waals surface area contributed by atoms with E-state index in [1.54, 1.807) is 6.07 Å². The van der Waals surface area contributed by atoms with Gasteiger partial charge in [0.05, 0.1) is 7.11 Å². The second kappa shape index (κ2) is 7.33. The molecule has 0 atom stereocenters. The zero-order valence-electron chi connectivity index (χ0n) is 9.01. The van der Waals surface area contributed by atoms with Gasteiger partial charge >= 0.3 is 0 Å². The van der Waals surface area contributed by atoms with Gasteiger partial charge in [-0.1, -0.05) is 19.9 Å². The quantitative estimate of drug-likeness (QED) is 0.811. The van der Waals surface area contributed by atoms with Crippen molar-refractivity contribution < 1.29 is 9.13 Å². The van der Waals surface area contributed by atoms with Crippen molar-refractivity contribution in [2.24, 2.45) is 5.73 Å². The molecule has 0 unspecified atom stereocenters. The molecule has 0 saturated heterocycles. The van der Waals surface area contributed by atoms with E-state index in [0.29, 0.717) is 13.0 Å². The third kappa shape index (κ3) is 3.75. The van der Waals surface area contributed by atoms with Gasteiger partial charge in [-0.15, -0.1) is 0 Å². The van der Waals surface area contributed by atoms with E-state index < -0.39 is 0 Å². The van der Waals surface area contributed by atoms with Crippen LogP contribution in [0, 0.1) is 5.82 Å². The number of benzene rings is 1. The van der Waals surface area contributed by atoms with Gasteiger partial charge in [0.15, 0.2) is 11.6 Å². The maximum Gasteiger partial charge on any atom is 0.165 e. The van der Waals surface area contributed by atoms with Gasteiger partial charge in [0, 0.05) is 0 Å². The van der Waals surface area contributed by atoms with Gasteiger partial charge < -0.3 is 10.5 Å². The molecular weight excluding hydrogens is 181 g/mol. The van der Waals surface area contributed by atoms with Gasteiger partial charge in [-0.2, -0.15) is 0 Å². The second-order valence-electron chi connectivity index (χ2n) is 2.51. The summed E-state index contributed by atoms with van der Waals surface area (Å²) < 4.78 is 17.8. The number of rotatable bonds is 3. The SMILES string of the molecule is CC.COc1ccc(CCN)cc1F. The zero-order valence-corrected chi connectivity index (χ0v) is 9.01. The summed E-state index contributed by atoms with van der Waals surface area (Å²) in [5.41, 5.74) is 6.23. The van der Waals surface area contributed by atoms with E-state index >= 15 is 0 Å². The molecule has 0 aliphatic heterocycles. The maximum absolute atomic E-state index is 13.0. The number of ether oxygens (including phenoxy) is 1. The molecule has 1 rings (SSSR count). The molecule has 0 aliphatic rings. The van der Waals surface area contributed by atoms with E-state index in [2.05, 4.69) is 0 Å². The molecule has 0 fully saturated rings. The Bertz CT molecular complexity index is 263. The minimum Gasteiger partial charge on any atom is -0.494 e. The first-order valence-electron chi connectivity index (χ1n) is 4.80. The molecule has 1 aromatic carbocycles. The molecule has 0 radical (unpaired) electrons. The third-order valence-corrected chi connectivity index (χ3v) is 1.65. The standard InChI is InChI=1S/C9H12FNO.C2H6/c1-12-9-3-2-7(4-5-11)6-8(9)10;1-2/h2-3,6H,4-5,11H2,1H3;1-2H3. The Balaban J connectivity index is 0.000000791. The molecule has 0 heterocycles. The molecule has 0 aromatic heterocycles. The van der Waals surface area contributed by atoms with E-state index in [9.17, 15) is 4.39 Å². The lowest BCUT2D eigenvalue weighted by Gasteiger charge is -2.03. The molecule has 0 bridgehead atoms. The first-order valence-corrected chi connectivity index (χ1v) is 4.80. The van der Waals surface area contributed by atoms with Crippen LogP contribution in [0.1, 0.15) is 19.4 Å². The van der Waals surface area contributed by atoms with E-state index in [4.69, 9.17) is 10.5 Å². The molecule has 14 heavy (non-hydrogen) atoms. The molecule has 0 spiro atoms. The predicted molar refractivity (Wildman–Crippen MR) is 57.1 cm³/mol. The number of hydrogen-bond acceptors (Lipinski definition) is 2. The fourth-order valence-corrected chi connectivity index (χ4v) is 1.03. The normalized spacial score (nSPS) is 8.93. The van der Waals surface area contributed by atoms with Gasteiger partial charge in [-0.25, -0.2) is 4.39 Å². The molecular formula is C11H18FNO. The maximum atomic E-state index is 13.0. The summed E-state index contributed by atoms with van der Waals surface area (Å²) in [4.78, 5) is 0. The average molecular weight is 199 g/mol. The highest BCUT2D eigenvalue weighted by atomic mass is 19.1. The topological polar surface area (TPSA) is 35.2 Å². The Hall–Kier alpha value is -1.09. The van der Waals surface area contributed by atoms with E-state index in [0.717, 1.165) is 5.56 Å². The van der Waals surface area contributed by atoms with E-state index in [1.807, 2.05) is 19.9 Å². The summed E-state index contributed by atoms with van der Waals surface area (Å²) in [5, 5.41) is 0. The van der Waals surface area contributed by atoms with Crippen LogP contribution in [0.25, 0.3) is 0 Å². The van der Waals surface area contributed by atoms with Crippen molar-refractivity contribution in [1.29, 1.82) is 0 Å². The lowest BCUT2D eigenvalue weighted by atomic mass is 10.1. The number of hydrogen-bond donors (Lipinski definition) is 1. The van der Waals surface area contributed by atoms with Crippen molar-refractivity contribution in [3.63, 3.8) is 0 Å². The number of methoxy groups -OCH3 is 1. The zero-order chi connectivity index (χ0) is 11.0. The van der Waals surface area contributed by atoms with Gasteiger partial charge in [-0.05, 0) is 30.7 Å². The van der Waals surface area contributed by atoms with Crippen molar-refractivity contribution in [1.82, 2.24) is 0 Å². The minimum absolute atomic E-state index is 0.274. The molecule has 1 aromatic rings. The Morgan fingerprint density at radius 1 is 1.36 bits per heavy atom.